The molecule has 2 aromatic rings. The highest BCUT2D eigenvalue weighted by Crippen LogP contribution is 2.25. The number of ether oxygens (including phenoxy) is 2. The number of hydrogen-bond acceptors (Lipinski definition) is 6. The van der Waals surface area contributed by atoms with Crippen molar-refractivity contribution in [2.45, 2.75) is 19.8 Å². The molecule has 0 atom stereocenters. The van der Waals surface area contributed by atoms with E-state index in [2.05, 4.69) is 10.3 Å². The van der Waals surface area contributed by atoms with Crippen LogP contribution < -0.4 is 10.1 Å². The summed E-state index contributed by atoms with van der Waals surface area (Å²) in [6.45, 7) is 2.33. The molecule has 0 saturated heterocycles. The fourth-order valence-corrected chi connectivity index (χ4v) is 2.69. The average Bonchev–Trinajstić information content (AvgIpc) is 3.10. The number of unbranched alkanes of at least 4 members (excludes halogenated alkanes) is 1. The fourth-order valence-electron chi connectivity index (χ4n) is 1.89. The highest BCUT2D eigenvalue weighted by atomic mass is 32.1. The van der Waals surface area contributed by atoms with Gasteiger partial charge in [0.1, 0.15) is 10.8 Å². The molecule has 1 N–H and O–H groups in total. The van der Waals surface area contributed by atoms with Crippen molar-refractivity contribution >= 4 is 23.2 Å². The van der Waals surface area contributed by atoms with Crippen molar-refractivity contribution in [2.24, 2.45) is 0 Å². The van der Waals surface area contributed by atoms with Gasteiger partial charge in [-0.1, -0.05) is 13.3 Å². The Labute approximate surface area is 144 Å². The zero-order valence-corrected chi connectivity index (χ0v) is 14.5. The minimum absolute atomic E-state index is 0.201. The standard InChI is InChI=1S/C17H20N2O4S/c1-3-4-9-18-15(20)10-23-17(21)14-11-24-16(19-14)12-5-7-13(22-2)8-6-12/h5-8,11H,3-4,9-10H2,1-2H3,(H,18,20). The van der Waals surface area contributed by atoms with Crippen LogP contribution in [0.25, 0.3) is 10.6 Å². The van der Waals surface area contributed by atoms with Crippen LogP contribution in [0, 0.1) is 0 Å². The number of methoxy groups -OCH3 is 1. The first-order valence-electron chi connectivity index (χ1n) is 7.67. The molecule has 1 heterocycles. The molecule has 6 nitrogen and oxygen atoms in total. The summed E-state index contributed by atoms with van der Waals surface area (Å²) in [6.07, 6.45) is 1.89. The lowest BCUT2D eigenvalue weighted by Gasteiger charge is -2.04. The number of hydrogen-bond donors (Lipinski definition) is 1. The van der Waals surface area contributed by atoms with Crippen LogP contribution in [0.1, 0.15) is 30.3 Å². The number of rotatable bonds is 8. The first kappa shape index (κ1) is 17.9. The normalized spacial score (nSPS) is 10.2. The van der Waals surface area contributed by atoms with Gasteiger partial charge >= 0.3 is 5.97 Å². The SMILES string of the molecule is CCCCNC(=O)COC(=O)c1csc(-c2ccc(OC)cc2)n1. The Morgan fingerprint density at radius 1 is 1.25 bits per heavy atom. The number of amides is 1. The number of aromatic nitrogens is 1. The molecule has 0 fully saturated rings. The third-order valence-corrected chi connectivity index (χ3v) is 4.13. The summed E-state index contributed by atoms with van der Waals surface area (Å²) in [5.41, 5.74) is 1.09. The zero-order chi connectivity index (χ0) is 17.4. The van der Waals surface area contributed by atoms with Crippen LogP contribution in [0.3, 0.4) is 0 Å². The van der Waals surface area contributed by atoms with E-state index in [1.165, 1.54) is 11.3 Å². The molecule has 0 bridgehead atoms. The molecule has 2 rings (SSSR count). The van der Waals surface area contributed by atoms with Gasteiger partial charge in [0.2, 0.25) is 0 Å². The number of nitrogens with zero attached hydrogens (tertiary/aromatic N) is 1. The fraction of sp³-hybridized carbons (Fsp3) is 0.353. The molecule has 1 amide bonds. The Kier molecular flexibility index (Phi) is 6.74. The Hall–Kier alpha value is -2.41. The van der Waals surface area contributed by atoms with Gasteiger partial charge in [-0.2, -0.15) is 0 Å². The number of thiazole rings is 1. The van der Waals surface area contributed by atoms with Crippen LogP contribution in [-0.4, -0.2) is 37.1 Å². The van der Waals surface area contributed by atoms with Crippen molar-refractivity contribution in [2.75, 3.05) is 20.3 Å². The molecule has 1 aromatic heterocycles. The smallest absolute Gasteiger partial charge is 0.358 e. The molecule has 0 saturated carbocycles. The van der Waals surface area contributed by atoms with Crippen LogP contribution in [0.2, 0.25) is 0 Å². The predicted octanol–water partition coefficient (Wildman–Crippen LogP) is 2.89. The Morgan fingerprint density at radius 3 is 2.67 bits per heavy atom. The van der Waals surface area contributed by atoms with Crippen molar-refractivity contribution in [1.82, 2.24) is 10.3 Å². The van der Waals surface area contributed by atoms with Crippen LogP contribution in [0.5, 0.6) is 5.75 Å². The highest BCUT2D eigenvalue weighted by molar-refractivity contribution is 7.13. The number of carbonyl (C=O) groups is 2. The van der Waals surface area contributed by atoms with Gasteiger partial charge in [-0.15, -0.1) is 11.3 Å². The molecule has 128 valence electrons. The van der Waals surface area contributed by atoms with E-state index >= 15 is 0 Å². The van der Waals surface area contributed by atoms with E-state index in [0.717, 1.165) is 24.2 Å². The van der Waals surface area contributed by atoms with E-state index in [9.17, 15) is 9.59 Å². The topological polar surface area (TPSA) is 77.5 Å². The second-order valence-corrected chi connectivity index (χ2v) is 5.90. The lowest BCUT2D eigenvalue weighted by atomic mass is 10.2. The van der Waals surface area contributed by atoms with Crippen molar-refractivity contribution in [3.05, 3.63) is 35.3 Å². The van der Waals surface area contributed by atoms with Crippen molar-refractivity contribution in [1.29, 1.82) is 0 Å². The van der Waals surface area contributed by atoms with Gasteiger partial charge in [0.25, 0.3) is 5.91 Å². The van der Waals surface area contributed by atoms with Crippen LogP contribution in [-0.2, 0) is 9.53 Å². The Bertz CT molecular complexity index is 682. The first-order chi connectivity index (χ1) is 11.6. The van der Waals surface area contributed by atoms with Crippen LogP contribution in [0.4, 0.5) is 0 Å². The van der Waals surface area contributed by atoms with Gasteiger partial charge in [-0.3, -0.25) is 4.79 Å². The summed E-state index contributed by atoms with van der Waals surface area (Å²) in [5, 5.41) is 5.01. The Balaban J connectivity index is 1.89. The van der Waals surface area contributed by atoms with E-state index < -0.39 is 5.97 Å². The van der Waals surface area contributed by atoms with Gasteiger partial charge in [-0.25, -0.2) is 9.78 Å². The highest BCUT2D eigenvalue weighted by Gasteiger charge is 2.14. The van der Waals surface area contributed by atoms with E-state index in [1.807, 2.05) is 31.2 Å². The molecular formula is C17H20N2O4S. The maximum absolute atomic E-state index is 11.9. The maximum Gasteiger partial charge on any atom is 0.358 e. The maximum atomic E-state index is 11.9. The van der Waals surface area contributed by atoms with Gasteiger partial charge in [0.05, 0.1) is 7.11 Å². The van der Waals surface area contributed by atoms with Gasteiger partial charge in [-0.05, 0) is 30.7 Å². The number of nitrogens with one attached hydrogen (secondary N) is 1. The molecular weight excluding hydrogens is 328 g/mol. The van der Waals surface area contributed by atoms with Crippen molar-refractivity contribution in [3.8, 4) is 16.3 Å². The molecule has 0 spiro atoms. The molecule has 0 aliphatic rings. The van der Waals surface area contributed by atoms with E-state index in [1.54, 1.807) is 12.5 Å². The number of esters is 1. The number of benzene rings is 1. The van der Waals surface area contributed by atoms with Gasteiger partial charge in [0.15, 0.2) is 12.3 Å². The average molecular weight is 348 g/mol. The van der Waals surface area contributed by atoms with Crippen molar-refractivity contribution in [3.63, 3.8) is 0 Å². The summed E-state index contributed by atoms with van der Waals surface area (Å²) in [6, 6.07) is 7.40. The quantitative estimate of drug-likeness (QED) is 0.586. The first-order valence-corrected chi connectivity index (χ1v) is 8.55. The summed E-state index contributed by atoms with van der Waals surface area (Å²) in [4.78, 5) is 27.7. The molecule has 0 radical (unpaired) electrons. The lowest BCUT2D eigenvalue weighted by Crippen LogP contribution is -2.29. The zero-order valence-electron chi connectivity index (χ0n) is 13.7. The molecule has 24 heavy (non-hydrogen) atoms. The minimum Gasteiger partial charge on any atom is -0.497 e. The lowest BCUT2D eigenvalue weighted by molar-refractivity contribution is -0.124. The number of carbonyl (C=O) groups excluding carboxylic acids is 2. The third kappa shape index (κ3) is 5.06. The third-order valence-electron chi connectivity index (χ3n) is 3.24. The van der Waals surface area contributed by atoms with Gasteiger partial charge < -0.3 is 14.8 Å². The molecule has 0 aliphatic carbocycles. The second kappa shape index (κ2) is 9.02. The summed E-state index contributed by atoms with van der Waals surface area (Å²) in [5.74, 6) is -0.150. The van der Waals surface area contributed by atoms with Crippen LogP contribution in [0.15, 0.2) is 29.6 Å². The predicted molar refractivity (Wildman–Crippen MR) is 92.3 cm³/mol. The second-order valence-electron chi connectivity index (χ2n) is 5.05. The van der Waals surface area contributed by atoms with Crippen molar-refractivity contribution < 1.29 is 19.1 Å². The minimum atomic E-state index is -0.600. The molecule has 7 heteroatoms. The van der Waals surface area contributed by atoms with E-state index in [0.29, 0.717) is 11.6 Å². The Morgan fingerprint density at radius 2 is 2.00 bits per heavy atom. The summed E-state index contributed by atoms with van der Waals surface area (Å²) < 4.78 is 10.1. The molecule has 0 unspecified atom stereocenters. The van der Waals surface area contributed by atoms with E-state index in [-0.39, 0.29) is 18.2 Å². The van der Waals surface area contributed by atoms with Crippen LogP contribution >= 0.6 is 11.3 Å². The van der Waals surface area contributed by atoms with E-state index in [4.69, 9.17) is 9.47 Å². The summed E-state index contributed by atoms with van der Waals surface area (Å²) >= 11 is 1.34. The largest absolute Gasteiger partial charge is 0.497 e. The monoisotopic (exact) mass is 348 g/mol. The summed E-state index contributed by atoms with van der Waals surface area (Å²) in [7, 11) is 1.60. The molecule has 1 aromatic carbocycles. The van der Waals surface area contributed by atoms with Gasteiger partial charge in [0, 0.05) is 17.5 Å². The molecule has 0 aliphatic heterocycles.